The number of nitrogens with zero attached hydrogens (tertiary/aromatic N) is 1. The monoisotopic (exact) mass is 292 g/mol. The highest BCUT2D eigenvalue weighted by molar-refractivity contribution is 6.42. The van der Waals surface area contributed by atoms with Gasteiger partial charge in [0.25, 0.3) is 0 Å². The lowest BCUT2D eigenvalue weighted by Crippen LogP contribution is -2.00. The maximum absolute atomic E-state index is 8.75. The van der Waals surface area contributed by atoms with Crippen LogP contribution in [-0.4, -0.2) is 0 Å². The molecule has 0 heterocycles. The Bertz CT molecular complexity index is 650. The van der Waals surface area contributed by atoms with Crippen LogP contribution in [0.1, 0.15) is 11.1 Å². The van der Waals surface area contributed by atoms with Crippen molar-refractivity contribution in [3.8, 4) is 11.8 Å². The topological polar surface area (TPSA) is 59.0 Å². The number of anilines is 1. The van der Waals surface area contributed by atoms with Crippen molar-refractivity contribution in [3.63, 3.8) is 0 Å². The number of nitrogen functional groups attached to an aromatic ring is 1. The minimum absolute atomic E-state index is 0.259. The van der Waals surface area contributed by atoms with Gasteiger partial charge in [-0.05, 0) is 24.3 Å². The molecule has 0 aromatic heterocycles. The Hall–Kier alpha value is -1.89. The predicted molar refractivity (Wildman–Crippen MR) is 76.4 cm³/mol. The van der Waals surface area contributed by atoms with Crippen LogP contribution >= 0.6 is 23.2 Å². The summed E-state index contributed by atoms with van der Waals surface area (Å²) in [6, 6.07) is 12.2. The summed E-state index contributed by atoms with van der Waals surface area (Å²) in [5, 5.41) is 9.70. The highest BCUT2D eigenvalue weighted by Gasteiger charge is 2.07. The number of ether oxygens (including phenoxy) is 1. The number of rotatable bonds is 3. The molecule has 96 valence electrons. The van der Waals surface area contributed by atoms with Gasteiger partial charge in [0.2, 0.25) is 0 Å². The van der Waals surface area contributed by atoms with Crippen molar-refractivity contribution in [2.24, 2.45) is 0 Å². The van der Waals surface area contributed by atoms with Gasteiger partial charge in [0.15, 0.2) is 0 Å². The van der Waals surface area contributed by atoms with E-state index in [1.165, 1.54) is 0 Å². The van der Waals surface area contributed by atoms with E-state index in [0.717, 1.165) is 5.56 Å². The van der Waals surface area contributed by atoms with Gasteiger partial charge in [-0.15, -0.1) is 0 Å². The van der Waals surface area contributed by atoms with E-state index in [0.29, 0.717) is 27.0 Å². The molecule has 0 aliphatic carbocycles. The molecule has 0 bridgehead atoms. The van der Waals surface area contributed by atoms with Crippen molar-refractivity contribution in [1.29, 1.82) is 5.26 Å². The first-order valence-electron chi connectivity index (χ1n) is 5.47. The predicted octanol–water partition coefficient (Wildman–Crippen LogP) is 4.03. The minimum Gasteiger partial charge on any atom is -0.487 e. The maximum atomic E-state index is 8.75. The van der Waals surface area contributed by atoms with Crippen LogP contribution in [-0.2, 0) is 6.61 Å². The van der Waals surface area contributed by atoms with Gasteiger partial charge in [0.05, 0.1) is 27.4 Å². The van der Waals surface area contributed by atoms with Gasteiger partial charge in [0, 0.05) is 5.56 Å². The molecule has 0 atom stereocenters. The van der Waals surface area contributed by atoms with Crippen LogP contribution in [0.15, 0.2) is 36.4 Å². The fraction of sp³-hybridized carbons (Fsp3) is 0.0714. The Morgan fingerprint density at radius 2 is 2.00 bits per heavy atom. The largest absolute Gasteiger partial charge is 0.487 e. The molecule has 2 rings (SSSR count). The second-order valence-corrected chi connectivity index (χ2v) is 4.65. The molecule has 2 aromatic rings. The number of halogens is 2. The highest BCUT2D eigenvalue weighted by atomic mass is 35.5. The molecule has 0 aliphatic heterocycles. The van der Waals surface area contributed by atoms with E-state index in [2.05, 4.69) is 0 Å². The zero-order chi connectivity index (χ0) is 13.8. The number of nitriles is 1. The van der Waals surface area contributed by atoms with Crippen LogP contribution in [0, 0.1) is 11.3 Å². The fourth-order valence-corrected chi connectivity index (χ4v) is 1.94. The van der Waals surface area contributed by atoms with E-state index < -0.39 is 0 Å². The van der Waals surface area contributed by atoms with Gasteiger partial charge < -0.3 is 10.5 Å². The van der Waals surface area contributed by atoms with E-state index in [9.17, 15) is 0 Å². The van der Waals surface area contributed by atoms with Gasteiger partial charge in [-0.2, -0.15) is 5.26 Å². The third-order valence-corrected chi connectivity index (χ3v) is 3.41. The summed E-state index contributed by atoms with van der Waals surface area (Å²) in [7, 11) is 0. The van der Waals surface area contributed by atoms with Gasteiger partial charge >= 0.3 is 0 Å². The molecule has 0 amide bonds. The summed E-state index contributed by atoms with van der Waals surface area (Å²) in [5.74, 6) is 0.509. The molecule has 0 saturated heterocycles. The van der Waals surface area contributed by atoms with Gasteiger partial charge in [-0.3, -0.25) is 0 Å². The Kier molecular flexibility index (Phi) is 4.16. The van der Waals surface area contributed by atoms with Gasteiger partial charge in [-0.1, -0.05) is 35.3 Å². The number of benzene rings is 2. The quantitative estimate of drug-likeness (QED) is 0.869. The zero-order valence-electron chi connectivity index (χ0n) is 9.86. The number of nitrogens with two attached hydrogens (primary N) is 1. The summed E-state index contributed by atoms with van der Waals surface area (Å²) in [5.41, 5.74) is 7.48. The standard InChI is InChI=1S/C14H10Cl2N2O/c15-11-3-1-2-10(14(11)16)8-19-13-5-4-9(7-17)6-12(13)18/h1-6H,8,18H2. The first-order chi connectivity index (χ1) is 9.11. The number of hydrogen-bond acceptors (Lipinski definition) is 3. The lowest BCUT2D eigenvalue weighted by molar-refractivity contribution is 0.308. The molecule has 0 aliphatic rings. The summed E-state index contributed by atoms with van der Waals surface area (Å²) in [6.45, 7) is 0.259. The lowest BCUT2D eigenvalue weighted by Gasteiger charge is -2.10. The molecule has 5 heteroatoms. The Morgan fingerprint density at radius 3 is 2.68 bits per heavy atom. The lowest BCUT2D eigenvalue weighted by atomic mass is 10.2. The Morgan fingerprint density at radius 1 is 1.21 bits per heavy atom. The maximum Gasteiger partial charge on any atom is 0.142 e. The second kappa shape index (κ2) is 5.83. The van der Waals surface area contributed by atoms with Crippen LogP contribution in [0.2, 0.25) is 10.0 Å². The average Bonchev–Trinajstić information content (AvgIpc) is 2.41. The molecule has 0 radical (unpaired) electrons. The molecule has 0 spiro atoms. The van der Waals surface area contributed by atoms with E-state index in [4.69, 9.17) is 38.9 Å². The second-order valence-electron chi connectivity index (χ2n) is 3.87. The van der Waals surface area contributed by atoms with Gasteiger partial charge in [-0.25, -0.2) is 0 Å². The third-order valence-electron chi connectivity index (χ3n) is 2.55. The Labute approximate surface area is 121 Å². The third kappa shape index (κ3) is 3.11. The fourth-order valence-electron chi connectivity index (χ4n) is 1.56. The molecular weight excluding hydrogens is 283 g/mol. The summed E-state index contributed by atoms with van der Waals surface area (Å²) in [6.07, 6.45) is 0. The van der Waals surface area contributed by atoms with Gasteiger partial charge in [0.1, 0.15) is 12.4 Å². The van der Waals surface area contributed by atoms with Crippen molar-refractivity contribution in [1.82, 2.24) is 0 Å². The summed E-state index contributed by atoms with van der Waals surface area (Å²) < 4.78 is 5.58. The molecule has 3 nitrogen and oxygen atoms in total. The molecule has 0 unspecified atom stereocenters. The van der Waals surface area contributed by atoms with Crippen molar-refractivity contribution in [2.45, 2.75) is 6.61 Å². The zero-order valence-corrected chi connectivity index (χ0v) is 11.4. The molecule has 2 N–H and O–H groups in total. The molecule has 19 heavy (non-hydrogen) atoms. The minimum atomic E-state index is 0.259. The van der Waals surface area contributed by atoms with Crippen LogP contribution in [0.4, 0.5) is 5.69 Å². The van der Waals surface area contributed by atoms with E-state index in [1.807, 2.05) is 12.1 Å². The van der Waals surface area contributed by atoms with Crippen molar-refractivity contribution >= 4 is 28.9 Å². The van der Waals surface area contributed by atoms with Crippen molar-refractivity contribution in [3.05, 3.63) is 57.6 Å². The highest BCUT2D eigenvalue weighted by Crippen LogP contribution is 2.28. The number of hydrogen-bond donors (Lipinski definition) is 1. The van der Waals surface area contributed by atoms with Crippen molar-refractivity contribution in [2.75, 3.05) is 5.73 Å². The van der Waals surface area contributed by atoms with E-state index in [-0.39, 0.29) is 6.61 Å². The van der Waals surface area contributed by atoms with Crippen molar-refractivity contribution < 1.29 is 4.74 Å². The molecule has 0 saturated carbocycles. The SMILES string of the molecule is N#Cc1ccc(OCc2cccc(Cl)c2Cl)c(N)c1. The summed E-state index contributed by atoms with van der Waals surface area (Å²) in [4.78, 5) is 0. The molecule has 0 fully saturated rings. The van der Waals surface area contributed by atoms with Crippen LogP contribution in [0.5, 0.6) is 5.75 Å². The molecule has 2 aromatic carbocycles. The summed E-state index contributed by atoms with van der Waals surface area (Å²) >= 11 is 12.0. The van der Waals surface area contributed by atoms with Crippen LogP contribution in [0.25, 0.3) is 0 Å². The van der Waals surface area contributed by atoms with Crippen LogP contribution < -0.4 is 10.5 Å². The smallest absolute Gasteiger partial charge is 0.142 e. The van der Waals surface area contributed by atoms with Crippen LogP contribution in [0.3, 0.4) is 0 Å². The first-order valence-corrected chi connectivity index (χ1v) is 6.22. The normalized spacial score (nSPS) is 9.95. The van der Waals surface area contributed by atoms with E-state index >= 15 is 0 Å². The average molecular weight is 293 g/mol. The first kappa shape index (κ1) is 13.5. The Balaban J connectivity index is 2.15. The van der Waals surface area contributed by atoms with E-state index in [1.54, 1.807) is 30.3 Å². The molecular formula is C14H10Cl2N2O.